The molecule has 0 radical (unpaired) electrons. The molecule has 6 nitrogen and oxygen atoms in total. The van der Waals surface area contributed by atoms with Gasteiger partial charge in [0.25, 0.3) is 5.56 Å². The predicted molar refractivity (Wildman–Crippen MR) is 35.0 cm³/mol. The van der Waals surface area contributed by atoms with Gasteiger partial charge in [0.2, 0.25) is 0 Å². The fourth-order valence-corrected chi connectivity index (χ4v) is 0.477. The number of aromatic amines is 2. The first-order valence-corrected chi connectivity index (χ1v) is 2.67. The van der Waals surface area contributed by atoms with E-state index in [1.807, 2.05) is 0 Å². The molecule has 6 heteroatoms. The molecule has 1 aromatic heterocycles. The van der Waals surface area contributed by atoms with E-state index in [2.05, 4.69) is 9.97 Å². The lowest BCUT2D eigenvalue weighted by Gasteiger charge is -1.84. The zero-order valence-corrected chi connectivity index (χ0v) is 5.75. The molecule has 3 N–H and O–H groups in total. The van der Waals surface area contributed by atoms with Crippen molar-refractivity contribution in [2.75, 3.05) is 0 Å². The van der Waals surface area contributed by atoms with E-state index in [4.69, 9.17) is 10.5 Å². The molecule has 0 aliphatic carbocycles. The molecule has 0 atom stereocenters. The zero-order valence-electron chi connectivity index (χ0n) is 5.75. The van der Waals surface area contributed by atoms with Crippen molar-refractivity contribution in [2.45, 2.75) is 6.92 Å². The third-order valence-electron chi connectivity index (χ3n) is 1.00. The Morgan fingerprint density at radius 1 is 1.45 bits per heavy atom. The lowest BCUT2D eigenvalue weighted by molar-refractivity contribution is -0.670. The van der Waals surface area contributed by atoms with Crippen LogP contribution in [0.1, 0.15) is 5.56 Å². The molecule has 0 aliphatic rings. The van der Waals surface area contributed by atoms with Crippen molar-refractivity contribution < 1.29 is 10.5 Å². The molecular weight excluding hydrogens is 152 g/mol. The number of H-pyrrole nitrogens is 2. The maximum Gasteiger partial charge on any atom is 0.325 e. The van der Waals surface area contributed by atoms with E-state index in [1.165, 1.54) is 6.20 Å². The molecule has 0 saturated carbocycles. The molecule has 0 spiro atoms. The summed E-state index contributed by atoms with van der Waals surface area (Å²) < 4.78 is 0. The Balaban J connectivity index is 0.000000461. The summed E-state index contributed by atoms with van der Waals surface area (Å²) >= 11 is 0. The highest BCUT2D eigenvalue weighted by atomic mass is 17.0. The standard InChI is InChI=1S/C5H6N2O2.H2O2/c1-3-2-6-5(9)7-4(3)8;1-2/h2H,1H3,(H2,6,7,8,9);1-2H/p-1. The summed E-state index contributed by atoms with van der Waals surface area (Å²) in [6, 6.07) is 0. The number of hydrogen-bond donors (Lipinski definition) is 3. The van der Waals surface area contributed by atoms with Gasteiger partial charge in [-0.2, -0.15) is 0 Å². The molecule has 1 rings (SSSR count). The van der Waals surface area contributed by atoms with Gasteiger partial charge >= 0.3 is 5.69 Å². The Hall–Kier alpha value is -1.40. The van der Waals surface area contributed by atoms with Crippen LogP contribution < -0.4 is 16.5 Å². The summed E-state index contributed by atoms with van der Waals surface area (Å²) in [6.45, 7) is 1.62. The maximum atomic E-state index is 10.6. The highest BCUT2D eigenvalue weighted by molar-refractivity contribution is 4.98. The quantitative estimate of drug-likeness (QED) is 0.306. The van der Waals surface area contributed by atoms with Gasteiger partial charge in [-0.1, -0.05) is 0 Å². The Morgan fingerprint density at radius 3 is 2.36 bits per heavy atom. The van der Waals surface area contributed by atoms with Crippen molar-refractivity contribution in [1.82, 2.24) is 9.97 Å². The van der Waals surface area contributed by atoms with Gasteiger partial charge in [0, 0.05) is 11.8 Å². The summed E-state index contributed by atoms with van der Waals surface area (Å²) in [5, 5.41) is 13.0. The minimum atomic E-state index is -0.467. The first-order valence-electron chi connectivity index (χ1n) is 2.67. The number of rotatable bonds is 0. The molecule has 0 fully saturated rings. The van der Waals surface area contributed by atoms with Gasteiger partial charge in [-0.15, -0.1) is 0 Å². The van der Waals surface area contributed by atoms with Crippen molar-refractivity contribution in [3.8, 4) is 0 Å². The summed E-state index contributed by atoms with van der Waals surface area (Å²) in [6.07, 6.45) is 1.38. The molecule has 0 aromatic carbocycles. The van der Waals surface area contributed by atoms with Crippen LogP contribution in [0.2, 0.25) is 0 Å². The summed E-state index contributed by atoms with van der Waals surface area (Å²) in [5.41, 5.74) is -0.293. The van der Waals surface area contributed by atoms with Crippen LogP contribution in [0.25, 0.3) is 0 Å². The molecule has 0 bridgehead atoms. The molecule has 0 saturated heterocycles. The number of hydrogen-bond acceptors (Lipinski definition) is 4. The summed E-state index contributed by atoms with van der Waals surface area (Å²) in [7, 11) is 0. The zero-order chi connectivity index (χ0) is 8.85. The topological polar surface area (TPSA) is 109 Å². The number of nitrogens with one attached hydrogen (secondary N) is 2. The van der Waals surface area contributed by atoms with Crippen LogP contribution in [0, 0.1) is 6.92 Å². The van der Waals surface area contributed by atoms with E-state index in [9.17, 15) is 9.59 Å². The van der Waals surface area contributed by atoms with E-state index in [0.29, 0.717) is 5.56 Å². The van der Waals surface area contributed by atoms with Gasteiger partial charge in [-0.25, -0.2) is 4.79 Å². The van der Waals surface area contributed by atoms with E-state index >= 15 is 0 Å². The Morgan fingerprint density at radius 2 is 2.00 bits per heavy atom. The van der Waals surface area contributed by atoms with Crippen molar-refractivity contribution in [1.29, 1.82) is 0 Å². The lowest BCUT2D eigenvalue weighted by Crippen LogP contribution is -2.22. The molecule has 62 valence electrons. The maximum absolute atomic E-state index is 10.6. The molecule has 0 unspecified atom stereocenters. The normalized spacial score (nSPS) is 8.27. The highest BCUT2D eigenvalue weighted by Crippen LogP contribution is 1.73. The summed E-state index contributed by atoms with van der Waals surface area (Å²) in [5.74, 6) is 0. The Kier molecular flexibility index (Phi) is 3.86. The van der Waals surface area contributed by atoms with Gasteiger partial charge in [-0.3, -0.25) is 9.78 Å². The molecule has 0 amide bonds. The minimum Gasteiger partial charge on any atom is -0.727 e. The Labute approximate surface area is 61.1 Å². The molecule has 0 aliphatic heterocycles. The molecule has 11 heavy (non-hydrogen) atoms. The second-order valence-corrected chi connectivity index (χ2v) is 1.75. The fraction of sp³-hybridized carbons (Fsp3) is 0.200. The first kappa shape index (κ1) is 9.60. The SMILES string of the molecule is Cc1c[nH]c(=O)[nH]c1=O.[O-]O. The smallest absolute Gasteiger partial charge is 0.325 e. The van der Waals surface area contributed by atoms with Gasteiger partial charge < -0.3 is 15.5 Å². The second kappa shape index (κ2) is 4.42. The average molecular weight is 159 g/mol. The second-order valence-electron chi connectivity index (χ2n) is 1.75. The third kappa shape index (κ3) is 2.78. The van der Waals surface area contributed by atoms with E-state index in [1.54, 1.807) is 6.92 Å². The van der Waals surface area contributed by atoms with Crippen molar-refractivity contribution in [3.05, 3.63) is 32.6 Å². The number of aryl methyl sites for hydroxylation is 1. The van der Waals surface area contributed by atoms with Crippen LogP contribution in [0.15, 0.2) is 15.8 Å². The Bertz CT molecular complexity index is 313. The largest absolute Gasteiger partial charge is 0.727 e. The summed E-state index contributed by atoms with van der Waals surface area (Å²) in [4.78, 5) is 25.3. The molecular formula is C5H7N2O4-. The van der Waals surface area contributed by atoms with Crippen LogP contribution in [0.4, 0.5) is 0 Å². The van der Waals surface area contributed by atoms with E-state index < -0.39 is 5.69 Å². The molecule has 1 heterocycles. The fourth-order valence-electron chi connectivity index (χ4n) is 0.477. The lowest BCUT2D eigenvalue weighted by atomic mass is 10.4. The van der Waals surface area contributed by atoms with Crippen molar-refractivity contribution in [2.24, 2.45) is 0 Å². The van der Waals surface area contributed by atoms with Crippen LogP contribution in [-0.2, 0) is 0 Å². The number of aromatic nitrogens is 2. The predicted octanol–water partition coefficient (Wildman–Crippen LogP) is -1.81. The highest BCUT2D eigenvalue weighted by Gasteiger charge is 1.88. The van der Waals surface area contributed by atoms with Gasteiger partial charge in [-0.05, 0) is 6.92 Å². The van der Waals surface area contributed by atoms with Crippen molar-refractivity contribution in [3.63, 3.8) is 0 Å². The average Bonchev–Trinajstić information content (AvgIpc) is 2.02. The van der Waals surface area contributed by atoms with Gasteiger partial charge in [0.1, 0.15) is 0 Å². The first-order chi connectivity index (χ1) is 5.20. The van der Waals surface area contributed by atoms with Crippen molar-refractivity contribution >= 4 is 0 Å². The van der Waals surface area contributed by atoms with E-state index in [-0.39, 0.29) is 5.56 Å². The van der Waals surface area contributed by atoms with Crippen LogP contribution in [0.5, 0.6) is 0 Å². The molecule has 1 aromatic rings. The van der Waals surface area contributed by atoms with Gasteiger partial charge in [0.05, 0.1) is 0 Å². The minimum absolute atomic E-state index is 0.334. The van der Waals surface area contributed by atoms with Crippen LogP contribution >= 0.6 is 0 Å². The van der Waals surface area contributed by atoms with Gasteiger partial charge in [0.15, 0.2) is 0 Å². The van der Waals surface area contributed by atoms with Crippen LogP contribution in [-0.4, -0.2) is 15.2 Å². The van der Waals surface area contributed by atoms with E-state index in [0.717, 1.165) is 0 Å². The third-order valence-corrected chi connectivity index (χ3v) is 1.00. The monoisotopic (exact) mass is 159 g/mol. The van der Waals surface area contributed by atoms with Crippen LogP contribution in [0.3, 0.4) is 0 Å².